The Morgan fingerprint density at radius 3 is 0.800 bits per heavy atom. The van der Waals surface area contributed by atoms with E-state index in [9.17, 15) is 0 Å². The summed E-state index contributed by atoms with van der Waals surface area (Å²) in [5.74, 6) is 0. The van der Waals surface area contributed by atoms with Crippen molar-refractivity contribution in [3.8, 4) is 0 Å². The molecule has 0 N–H and O–H groups in total. The van der Waals surface area contributed by atoms with Crippen molar-refractivity contribution < 1.29 is 37.2 Å². The number of rotatable bonds is 0. The van der Waals surface area contributed by atoms with Crippen molar-refractivity contribution in [2.45, 2.75) is 4.94 Å². The molecule has 0 aromatic carbocycles. The summed E-state index contributed by atoms with van der Waals surface area (Å²) >= 11 is 1.55. The van der Waals surface area contributed by atoms with Crippen molar-refractivity contribution in [2.75, 3.05) is 0 Å². The monoisotopic (exact) mass is 240 g/mol. The third-order valence-electron chi connectivity index (χ3n) is 0. The Hall–Kier alpha value is 1.67. The fourth-order valence-electron chi connectivity index (χ4n) is 0. The predicted octanol–water partition coefficient (Wildman–Crippen LogP) is -8.79. The van der Waals surface area contributed by atoms with Crippen LogP contribution in [0.5, 0.6) is 0 Å². The molecule has 0 aliphatic carbocycles. The molecule has 0 rings (SSSR count). The van der Waals surface area contributed by atoms with Gasteiger partial charge in [0.05, 0.1) is 0 Å². The fourth-order valence-corrected chi connectivity index (χ4v) is 0. The number of halogens is 3. The Labute approximate surface area is 64.4 Å². The van der Waals surface area contributed by atoms with Crippen molar-refractivity contribution in [1.82, 2.24) is 0 Å². The van der Waals surface area contributed by atoms with Gasteiger partial charge in [-0.2, -0.15) is 0 Å². The van der Waals surface area contributed by atoms with E-state index < -0.39 is 0 Å². The molecule has 0 aromatic rings. The summed E-state index contributed by atoms with van der Waals surface area (Å²) < 4.78 is 0. The maximum atomic E-state index is 2.09. The van der Waals surface area contributed by atoms with Crippen LogP contribution in [0.25, 0.3) is 0 Å². The maximum absolute atomic E-state index is 2.09. The molecule has 0 saturated carbocycles. The Balaban J connectivity index is -0.00000000167. The van der Waals surface area contributed by atoms with Crippen LogP contribution in [0.15, 0.2) is 0 Å². The molecule has 0 heterocycles. The van der Waals surface area contributed by atoms with Gasteiger partial charge in [-0.1, -0.05) is 0 Å². The smallest absolute Gasteiger partial charge is 1.00 e. The van der Waals surface area contributed by atoms with E-state index in [0.717, 1.165) is 0 Å². The Morgan fingerprint density at radius 2 is 0.800 bits per heavy atom. The molecule has 0 bridgehead atoms. The Kier molecular flexibility index (Phi) is 267. The van der Waals surface area contributed by atoms with Gasteiger partial charge in [-0.15, -0.1) is 0 Å². The molecule has 0 unspecified atom stereocenters. The second-order valence-corrected chi connectivity index (χ2v) is 0. The third kappa shape index (κ3) is 27.4. The average molecular weight is 240 g/mol. The van der Waals surface area contributed by atoms with Gasteiger partial charge in [-0.3, -0.25) is 0 Å². The van der Waals surface area contributed by atoms with Gasteiger partial charge in [0.2, 0.25) is 0 Å². The molecular formula is CH3Cl3Sn-2. The molecule has 0 saturated heterocycles. The van der Waals surface area contributed by atoms with Gasteiger partial charge in [0, 0.05) is 0 Å². The fraction of sp³-hybridized carbons (Fsp3) is 1.00. The minimum atomic E-state index is 0. The van der Waals surface area contributed by atoms with Gasteiger partial charge >= 0.3 is 27.5 Å². The molecule has 0 fully saturated rings. The van der Waals surface area contributed by atoms with Crippen LogP contribution in [0.3, 0.4) is 0 Å². The second-order valence-electron chi connectivity index (χ2n) is 0. The topological polar surface area (TPSA) is 0 Å². The predicted molar refractivity (Wildman–Crippen MR) is 11.6 cm³/mol. The van der Waals surface area contributed by atoms with Crippen LogP contribution >= 0.6 is 0 Å². The van der Waals surface area contributed by atoms with Crippen molar-refractivity contribution in [3.05, 3.63) is 0 Å². The average Bonchev–Trinajstić information content (AvgIpc) is 1.00. The first-order chi connectivity index (χ1) is 1.00. The van der Waals surface area contributed by atoms with Gasteiger partial charge in [-0.25, -0.2) is 0 Å². The van der Waals surface area contributed by atoms with E-state index in [-0.39, 0.29) is 37.2 Å². The Morgan fingerprint density at radius 1 is 0.800 bits per heavy atom. The van der Waals surface area contributed by atoms with Crippen LogP contribution in [0.2, 0.25) is 4.94 Å². The maximum Gasteiger partial charge on any atom is -1.00 e. The summed E-state index contributed by atoms with van der Waals surface area (Å²) in [7, 11) is 0. The van der Waals surface area contributed by atoms with Gasteiger partial charge in [0.1, 0.15) is 0 Å². The van der Waals surface area contributed by atoms with Gasteiger partial charge in [0.15, 0.2) is 0 Å². The molecule has 0 aliphatic rings. The van der Waals surface area contributed by atoms with Crippen LogP contribution in [-0.4, -0.2) is 22.5 Å². The van der Waals surface area contributed by atoms with E-state index >= 15 is 0 Å². The van der Waals surface area contributed by atoms with Crippen LogP contribution in [0.1, 0.15) is 0 Å². The van der Waals surface area contributed by atoms with Crippen molar-refractivity contribution >= 4 is 22.5 Å². The van der Waals surface area contributed by atoms with E-state index in [1.54, 1.807) is 22.5 Å². The van der Waals surface area contributed by atoms with E-state index in [1.807, 2.05) is 0 Å². The zero-order valence-electron chi connectivity index (χ0n) is 2.63. The number of hydrogen-bond acceptors (Lipinski definition) is 0. The minimum absolute atomic E-state index is 0. The molecule has 2 radical (unpaired) electrons. The van der Waals surface area contributed by atoms with E-state index in [1.165, 1.54) is 0 Å². The molecule has 0 aliphatic heterocycles. The molecule has 0 aromatic heterocycles. The zero-order chi connectivity index (χ0) is 2.00. The Bertz CT molecular complexity index is 6.85. The third-order valence-corrected chi connectivity index (χ3v) is 0. The quantitative estimate of drug-likeness (QED) is 0.369. The van der Waals surface area contributed by atoms with Gasteiger partial charge in [-0.05, 0) is 0 Å². The van der Waals surface area contributed by atoms with Crippen LogP contribution in [-0.2, 0) is 0 Å². The van der Waals surface area contributed by atoms with Crippen molar-refractivity contribution in [3.63, 3.8) is 0 Å². The zero-order valence-corrected chi connectivity index (χ0v) is 7.76. The van der Waals surface area contributed by atoms with Gasteiger partial charge in [0.25, 0.3) is 0 Å². The molecular weight excluding hydrogens is 237 g/mol. The first-order valence-electron chi connectivity index (χ1n) is 0.500. The summed E-state index contributed by atoms with van der Waals surface area (Å²) in [5.41, 5.74) is 0. The minimum Gasteiger partial charge on any atom is -1.00 e. The summed E-state index contributed by atoms with van der Waals surface area (Å²) in [4.78, 5) is 2.09. The van der Waals surface area contributed by atoms with E-state index in [0.29, 0.717) is 0 Å². The molecule has 0 amide bonds. The summed E-state index contributed by atoms with van der Waals surface area (Å²) in [6, 6.07) is 0. The first-order valence-corrected chi connectivity index (χ1v) is 3.35. The molecule has 4 heteroatoms. The van der Waals surface area contributed by atoms with Crippen LogP contribution in [0.4, 0.5) is 0 Å². The standard InChI is InChI=1S/CH3.3ClH.Sn/h1H3;3*1H;/q;;;;+1/p-3. The van der Waals surface area contributed by atoms with Crippen molar-refractivity contribution in [1.29, 1.82) is 0 Å². The van der Waals surface area contributed by atoms with Gasteiger partial charge < -0.3 is 37.2 Å². The van der Waals surface area contributed by atoms with Crippen LogP contribution in [0, 0.1) is 0 Å². The molecule has 0 atom stereocenters. The van der Waals surface area contributed by atoms with Crippen molar-refractivity contribution in [2.24, 2.45) is 0 Å². The largest absolute Gasteiger partial charge is 1.00 e. The van der Waals surface area contributed by atoms with E-state index in [4.69, 9.17) is 0 Å². The first kappa shape index (κ1) is 30.1. The van der Waals surface area contributed by atoms with Crippen LogP contribution < -0.4 is 37.2 Å². The SMILES string of the molecule is [CH3][Sn+].[Cl-].[Cl-].[Cl-]. The molecule has 34 valence electrons. The molecule has 0 nitrogen and oxygen atoms in total. The number of hydrogen-bond donors (Lipinski definition) is 0. The summed E-state index contributed by atoms with van der Waals surface area (Å²) in [5, 5.41) is 0. The second kappa shape index (κ2) is 44.4. The summed E-state index contributed by atoms with van der Waals surface area (Å²) in [6.07, 6.45) is 0. The summed E-state index contributed by atoms with van der Waals surface area (Å²) in [6.45, 7) is 0. The van der Waals surface area contributed by atoms with E-state index in [2.05, 4.69) is 4.94 Å². The normalized spacial score (nSPS) is 1.00. The molecule has 0 spiro atoms. The molecule has 5 heavy (non-hydrogen) atoms.